The summed E-state index contributed by atoms with van der Waals surface area (Å²) in [5, 5.41) is 18.1. The van der Waals surface area contributed by atoms with Gasteiger partial charge in [-0.25, -0.2) is 9.50 Å². The molecule has 2 aliphatic carbocycles. The molecule has 0 spiro atoms. The molecule has 160 valence electrons. The van der Waals surface area contributed by atoms with Crippen LogP contribution in [0.5, 0.6) is 0 Å². The molecule has 2 fully saturated rings. The van der Waals surface area contributed by atoms with Gasteiger partial charge >= 0.3 is 0 Å². The van der Waals surface area contributed by atoms with Gasteiger partial charge in [0.25, 0.3) is 0 Å². The number of halogens is 1. The Balaban J connectivity index is 0.000000265. The fourth-order valence-corrected chi connectivity index (χ4v) is 3.86. The van der Waals surface area contributed by atoms with Crippen molar-refractivity contribution in [2.24, 2.45) is 0 Å². The van der Waals surface area contributed by atoms with Gasteiger partial charge in [-0.3, -0.25) is 9.89 Å². The number of anilines is 2. The van der Waals surface area contributed by atoms with Crippen LogP contribution in [-0.2, 0) is 9.53 Å². The average molecular weight is 432 g/mol. The van der Waals surface area contributed by atoms with Gasteiger partial charge in [0.05, 0.1) is 17.3 Å². The van der Waals surface area contributed by atoms with Gasteiger partial charge in [0.15, 0.2) is 11.6 Å². The van der Waals surface area contributed by atoms with Gasteiger partial charge in [0, 0.05) is 42.7 Å². The third-order valence-electron chi connectivity index (χ3n) is 5.80. The number of ether oxygens (including phenoxy) is 1. The Morgan fingerprint density at radius 3 is 2.90 bits per heavy atom. The molecule has 3 N–H and O–H groups in total. The van der Waals surface area contributed by atoms with Crippen LogP contribution in [0.4, 0.5) is 11.6 Å². The van der Waals surface area contributed by atoms with E-state index in [9.17, 15) is 4.79 Å². The van der Waals surface area contributed by atoms with Gasteiger partial charge in [-0.1, -0.05) is 11.6 Å². The highest BCUT2D eigenvalue weighted by molar-refractivity contribution is 6.34. The smallest absolute Gasteiger partial charge is 0.207 e. The van der Waals surface area contributed by atoms with E-state index in [0.29, 0.717) is 22.9 Å². The number of nitrogens with zero attached hydrogens (tertiary/aromatic N) is 4. The molecule has 0 aliphatic heterocycles. The molecule has 10 heteroatoms. The minimum Gasteiger partial charge on any atom is -0.381 e. The van der Waals surface area contributed by atoms with Gasteiger partial charge in [-0.15, -0.1) is 0 Å². The summed E-state index contributed by atoms with van der Waals surface area (Å²) in [6, 6.07) is 2.03. The average Bonchev–Trinajstić information content (AvgIpc) is 3.17. The predicted octanol–water partition coefficient (Wildman–Crippen LogP) is 3.42. The topological polar surface area (TPSA) is 109 Å². The number of aromatic amines is 1. The summed E-state index contributed by atoms with van der Waals surface area (Å²) >= 11 is 6.18. The first kappa shape index (κ1) is 20.6. The van der Waals surface area contributed by atoms with Crippen molar-refractivity contribution in [2.75, 3.05) is 12.4 Å². The molecule has 3 aromatic heterocycles. The Morgan fingerprint density at radius 2 is 2.23 bits per heavy atom. The number of hydrogen-bond donors (Lipinski definition) is 3. The number of amides is 1. The first-order valence-corrected chi connectivity index (χ1v) is 10.4. The molecule has 0 radical (unpaired) electrons. The van der Waals surface area contributed by atoms with Crippen LogP contribution in [0.3, 0.4) is 0 Å². The summed E-state index contributed by atoms with van der Waals surface area (Å²) in [5.41, 5.74) is 2.04. The third kappa shape index (κ3) is 4.57. The fourth-order valence-electron chi connectivity index (χ4n) is 3.64. The van der Waals surface area contributed by atoms with Crippen LogP contribution in [0.2, 0.25) is 5.02 Å². The zero-order valence-corrected chi connectivity index (χ0v) is 17.8. The number of carbonyl (C=O) groups excluding carboxylic acids is 1. The summed E-state index contributed by atoms with van der Waals surface area (Å²) in [7, 11) is 1.77. The second-order valence-electron chi connectivity index (χ2n) is 8.09. The highest BCUT2D eigenvalue weighted by atomic mass is 35.5. The molecule has 1 amide bonds. The fraction of sp³-hybridized carbons (Fsp3) is 0.500. The van der Waals surface area contributed by atoms with Gasteiger partial charge in [-0.2, -0.15) is 10.2 Å². The summed E-state index contributed by atoms with van der Waals surface area (Å²) in [6.45, 7) is 2.04. The lowest BCUT2D eigenvalue weighted by atomic mass is 10.0. The van der Waals surface area contributed by atoms with E-state index in [0.717, 1.165) is 55.5 Å². The van der Waals surface area contributed by atoms with Crippen LogP contribution >= 0.6 is 11.6 Å². The van der Waals surface area contributed by atoms with Crippen LogP contribution < -0.4 is 10.6 Å². The lowest BCUT2D eigenvalue weighted by Crippen LogP contribution is -2.25. The Kier molecular flexibility index (Phi) is 5.92. The number of H-pyrrole nitrogens is 1. The third-order valence-corrected chi connectivity index (χ3v) is 6.07. The quantitative estimate of drug-likeness (QED) is 0.516. The molecule has 0 bridgehead atoms. The summed E-state index contributed by atoms with van der Waals surface area (Å²) in [6.07, 6.45) is 11.7. The molecule has 3 heterocycles. The van der Waals surface area contributed by atoms with Crippen molar-refractivity contribution in [3.05, 3.63) is 35.4 Å². The lowest BCUT2D eigenvalue weighted by molar-refractivity contribution is -0.110. The summed E-state index contributed by atoms with van der Waals surface area (Å²) in [4.78, 5) is 14.1. The number of nitrogens with one attached hydrogen (secondary N) is 3. The number of hydrogen-bond acceptors (Lipinski definition) is 6. The second kappa shape index (κ2) is 8.61. The van der Waals surface area contributed by atoms with Gasteiger partial charge in [0.1, 0.15) is 5.52 Å². The van der Waals surface area contributed by atoms with Crippen molar-refractivity contribution >= 4 is 35.2 Å². The first-order chi connectivity index (χ1) is 14.5. The summed E-state index contributed by atoms with van der Waals surface area (Å²) < 4.78 is 7.12. The molecule has 2 unspecified atom stereocenters. The highest BCUT2D eigenvalue weighted by Gasteiger charge is 2.36. The standard InChI is InChI=1S/C15H17ClN6O.C5H9NO/c1-23-10-3-2-9(6-10)12-7-13(21-20-12)19-15-14-11(16)8-18-22(14)5-4-17-15;1-5(2-3-5)6-4-7/h4-5,7-10H,2-3,6H2,1H3,(H2,17,19,20,21);4H,2-3H2,1H3,(H,6,7). The van der Waals surface area contributed by atoms with Crippen LogP contribution in [-0.4, -0.2) is 50.0 Å². The molecule has 2 aliphatic rings. The Hall–Kier alpha value is -2.65. The maximum absolute atomic E-state index is 9.75. The zero-order chi connectivity index (χ0) is 21.1. The van der Waals surface area contributed by atoms with Gasteiger partial charge < -0.3 is 15.4 Å². The van der Waals surface area contributed by atoms with Gasteiger partial charge in [-0.05, 0) is 39.0 Å². The van der Waals surface area contributed by atoms with Crippen molar-refractivity contribution in [3.8, 4) is 0 Å². The van der Waals surface area contributed by atoms with Crippen molar-refractivity contribution in [2.45, 2.75) is 56.6 Å². The normalized spacial score (nSPS) is 21.7. The largest absolute Gasteiger partial charge is 0.381 e. The van der Waals surface area contributed by atoms with E-state index in [1.165, 1.54) is 0 Å². The molecule has 2 saturated carbocycles. The SMILES string of the molecule is CC1(NC=O)CC1.COC1CCC(c2cc(Nc3nccn4ncc(Cl)c34)n[nH]2)C1. The molecular formula is C20H26ClN7O2. The Morgan fingerprint density at radius 1 is 1.40 bits per heavy atom. The molecule has 9 nitrogen and oxygen atoms in total. The van der Waals surface area contributed by atoms with E-state index >= 15 is 0 Å². The van der Waals surface area contributed by atoms with E-state index in [2.05, 4.69) is 30.9 Å². The minimum atomic E-state index is 0.182. The number of fused-ring (bicyclic) bond motifs is 1. The van der Waals surface area contributed by atoms with E-state index in [1.54, 1.807) is 30.2 Å². The minimum absolute atomic E-state index is 0.182. The molecular weight excluding hydrogens is 406 g/mol. The number of aromatic nitrogens is 5. The number of rotatable bonds is 6. The molecule has 0 saturated heterocycles. The molecule has 3 aromatic rings. The van der Waals surface area contributed by atoms with Crippen LogP contribution in [0, 0.1) is 0 Å². The Bertz CT molecular complexity index is 1010. The predicted molar refractivity (Wildman–Crippen MR) is 114 cm³/mol. The van der Waals surface area contributed by atoms with E-state index < -0.39 is 0 Å². The Labute approximate surface area is 179 Å². The summed E-state index contributed by atoms with van der Waals surface area (Å²) in [5.74, 6) is 1.82. The lowest BCUT2D eigenvalue weighted by Gasteiger charge is -2.07. The van der Waals surface area contributed by atoms with Crippen molar-refractivity contribution in [1.82, 2.24) is 30.1 Å². The molecule has 5 rings (SSSR count). The zero-order valence-electron chi connectivity index (χ0n) is 17.1. The van der Waals surface area contributed by atoms with Crippen LogP contribution in [0.15, 0.2) is 24.7 Å². The van der Waals surface area contributed by atoms with Crippen molar-refractivity contribution < 1.29 is 9.53 Å². The van der Waals surface area contributed by atoms with E-state index in [1.807, 2.05) is 13.0 Å². The first-order valence-electron chi connectivity index (χ1n) is 10.1. The van der Waals surface area contributed by atoms with Crippen molar-refractivity contribution in [3.63, 3.8) is 0 Å². The monoisotopic (exact) mass is 431 g/mol. The van der Waals surface area contributed by atoms with Crippen molar-refractivity contribution in [1.29, 1.82) is 0 Å². The number of methoxy groups -OCH3 is 1. The van der Waals surface area contributed by atoms with Crippen LogP contribution in [0.1, 0.15) is 50.6 Å². The van der Waals surface area contributed by atoms with Crippen LogP contribution in [0.25, 0.3) is 5.52 Å². The number of carbonyl (C=O) groups is 1. The highest BCUT2D eigenvalue weighted by Crippen LogP contribution is 2.36. The maximum atomic E-state index is 9.75. The molecule has 30 heavy (non-hydrogen) atoms. The maximum Gasteiger partial charge on any atom is 0.207 e. The second-order valence-corrected chi connectivity index (χ2v) is 8.49. The van der Waals surface area contributed by atoms with E-state index in [-0.39, 0.29) is 5.54 Å². The van der Waals surface area contributed by atoms with Gasteiger partial charge in [0.2, 0.25) is 6.41 Å². The molecule has 0 aromatic carbocycles. The molecule has 2 atom stereocenters. The van der Waals surface area contributed by atoms with E-state index in [4.69, 9.17) is 16.3 Å².